The lowest BCUT2D eigenvalue weighted by molar-refractivity contribution is 0.0824. The number of carbonyl (C=O) groups is 1. The van der Waals surface area contributed by atoms with Crippen molar-refractivity contribution in [3.63, 3.8) is 0 Å². The molecule has 1 aliphatic heterocycles. The summed E-state index contributed by atoms with van der Waals surface area (Å²) >= 11 is 0. The number of rotatable bonds is 0. The van der Waals surface area contributed by atoms with Crippen LogP contribution in [0.15, 0.2) is 16.7 Å². The van der Waals surface area contributed by atoms with E-state index in [1.165, 1.54) is 6.26 Å². The van der Waals surface area contributed by atoms with Crippen LogP contribution in [0.2, 0.25) is 0 Å². The minimum absolute atomic E-state index is 0.00880. The number of nitrogens with one attached hydrogen (secondary N) is 1. The standard InChI is InChI=1S/C10H8N2O2/c11-4-5-3-7-8(5)9-6(1-2-14-9)10(13)12-7/h1-2,5,7-8H,3H2,(H,12,13)/t5-,7-,8+/m1/s1. The quantitative estimate of drug-likeness (QED) is 0.661. The third-order valence-electron chi connectivity index (χ3n) is 3.10. The molecule has 4 nitrogen and oxygen atoms in total. The fourth-order valence-corrected chi connectivity index (χ4v) is 2.31. The van der Waals surface area contributed by atoms with Gasteiger partial charge in [-0.1, -0.05) is 0 Å². The lowest BCUT2D eigenvalue weighted by atomic mass is 9.66. The number of furan rings is 1. The van der Waals surface area contributed by atoms with Crippen LogP contribution in [-0.4, -0.2) is 11.9 Å². The summed E-state index contributed by atoms with van der Waals surface area (Å²) in [7, 11) is 0. The van der Waals surface area contributed by atoms with Gasteiger partial charge in [0.25, 0.3) is 5.91 Å². The van der Waals surface area contributed by atoms with Crippen molar-refractivity contribution >= 4 is 5.91 Å². The van der Waals surface area contributed by atoms with Crippen LogP contribution in [0, 0.1) is 17.2 Å². The Kier molecular flexibility index (Phi) is 1.30. The van der Waals surface area contributed by atoms with Gasteiger partial charge in [-0.25, -0.2) is 0 Å². The fraction of sp³-hybridized carbons (Fsp3) is 0.400. The van der Waals surface area contributed by atoms with Crippen LogP contribution in [0.3, 0.4) is 0 Å². The van der Waals surface area contributed by atoms with Crippen molar-refractivity contribution in [1.29, 1.82) is 5.26 Å². The van der Waals surface area contributed by atoms with E-state index in [-0.39, 0.29) is 23.8 Å². The van der Waals surface area contributed by atoms with Crippen molar-refractivity contribution in [1.82, 2.24) is 5.32 Å². The monoisotopic (exact) mass is 188 g/mol. The van der Waals surface area contributed by atoms with E-state index in [1.54, 1.807) is 6.07 Å². The average Bonchev–Trinajstić information content (AvgIpc) is 2.58. The molecule has 3 rings (SSSR count). The molecule has 2 heterocycles. The van der Waals surface area contributed by atoms with Gasteiger partial charge in [0, 0.05) is 6.04 Å². The summed E-state index contributed by atoms with van der Waals surface area (Å²) < 4.78 is 5.28. The topological polar surface area (TPSA) is 66.0 Å². The maximum Gasteiger partial charge on any atom is 0.255 e. The molecule has 1 N–H and O–H groups in total. The van der Waals surface area contributed by atoms with Gasteiger partial charge in [-0.05, 0) is 12.5 Å². The van der Waals surface area contributed by atoms with Crippen molar-refractivity contribution in [2.75, 3.05) is 0 Å². The van der Waals surface area contributed by atoms with Gasteiger partial charge in [-0.3, -0.25) is 4.79 Å². The molecule has 1 aromatic rings. The molecule has 70 valence electrons. The minimum Gasteiger partial charge on any atom is -0.468 e. The SMILES string of the molecule is N#C[C@H]1C[C@H]2NC(=O)c3ccoc3[C@@H]12. The molecule has 0 radical (unpaired) electrons. The van der Waals surface area contributed by atoms with Crippen LogP contribution >= 0.6 is 0 Å². The molecule has 3 atom stereocenters. The van der Waals surface area contributed by atoms with Gasteiger partial charge in [-0.2, -0.15) is 5.26 Å². The van der Waals surface area contributed by atoms with E-state index in [4.69, 9.17) is 9.68 Å². The highest BCUT2D eigenvalue weighted by atomic mass is 16.3. The number of hydrogen-bond acceptors (Lipinski definition) is 3. The Bertz CT molecular complexity index is 443. The van der Waals surface area contributed by atoms with Gasteiger partial charge >= 0.3 is 0 Å². The van der Waals surface area contributed by atoms with Gasteiger partial charge in [-0.15, -0.1) is 0 Å². The molecular formula is C10H8N2O2. The number of carbonyl (C=O) groups excluding carboxylic acids is 1. The first kappa shape index (κ1) is 7.63. The molecule has 14 heavy (non-hydrogen) atoms. The molecule has 0 aromatic carbocycles. The van der Waals surface area contributed by atoms with E-state index in [9.17, 15) is 4.79 Å². The van der Waals surface area contributed by atoms with Gasteiger partial charge in [0.05, 0.1) is 29.7 Å². The zero-order valence-electron chi connectivity index (χ0n) is 7.36. The first-order chi connectivity index (χ1) is 6.81. The van der Waals surface area contributed by atoms with E-state index in [1.807, 2.05) is 0 Å². The Labute approximate surface area is 80.5 Å². The molecule has 2 aliphatic rings. The molecule has 0 unspecified atom stereocenters. The third kappa shape index (κ3) is 0.746. The van der Waals surface area contributed by atoms with Crippen LogP contribution in [0.4, 0.5) is 0 Å². The normalized spacial score (nSPS) is 33.4. The Morgan fingerprint density at radius 1 is 1.64 bits per heavy atom. The molecule has 4 heteroatoms. The number of hydrogen-bond donors (Lipinski definition) is 1. The second kappa shape index (κ2) is 2.38. The zero-order chi connectivity index (χ0) is 9.71. The molecule has 1 saturated carbocycles. The molecule has 1 amide bonds. The van der Waals surface area contributed by atoms with Crippen molar-refractivity contribution < 1.29 is 9.21 Å². The summed E-state index contributed by atoms with van der Waals surface area (Å²) in [4.78, 5) is 11.5. The molecule has 0 spiro atoms. The Balaban J connectivity index is 2.08. The van der Waals surface area contributed by atoms with Crippen molar-refractivity contribution in [3.05, 3.63) is 23.7 Å². The Hall–Kier alpha value is -1.76. The van der Waals surface area contributed by atoms with E-state index in [0.29, 0.717) is 11.3 Å². The highest BCUT2D eigenvalue weighted by Gasteiger charge is 2.49. The van der Waals surface area contributed by atoms with Crippen molar-refractivity contribution in [3.8, 4) is 6.07 Å². The molecule has 1 aliphatic carbocycles. The van der Waals surface area contributed by atoms with Crippen LogP contribution in [0.1, 0.15) is 28.5 Å². The van der Waals surface area contributed by atoms with E-state index < -0.39 is 0 Å². The molecule has 1 aromatic heterocycles. The van der Waals surface area contributed by atoms with E-state index in [2.05, 4.69) is 11.4 Å². The summed E-state index contributed by atoms with van der Waals surface area (Å²) in [5.74, 6) is 0.677. The number of amides is 1. The second-order valence-electron chi connectivity index (χ2n) is 3.78. The summed E-state index contributed by atoms with van der Waals surface area (Å²) in [5, 5.41) is 11.7. The van der Waals surface area contributed by atoms with E-state index in [0.717, 1.165) is 6.42 Å². The van der Waals surface area contributed by atoms with Crippen LogP contribution in [0.25, 0.3) is 0 Å². The first-order valence-electron chi connectivity index (χ1n) is 4.59. The second-order valence-corrected chi connectivity index (χ2v) is 3.78. The number of nitriles is 1. The molecular weight excluding hydrogens is 180 g/mol. The summed E-state index contributed by atoms with van der Waals surface area (Å²) in [6.45, 7) is 0. The predicted octanol–water partition coefficient (Wildman–Crippen LogP) is 1.02. The Morgan fingerprint density at radius 3 is 3.29 bits per heavy atom. The average molecular weight is 188 g/mol. The van der Waals surface area contributed by atoms with Gasteiger partial charge in [0.2, 0.25) is 0 Å². The summed E-state index contributed by atoms with van der Waals surface area (Å²) in [5.41, 5.74) is 0.589. The Morgan fingerprint density at radius 2 is 2.50 bits per heavy atom. The molecule has 1 fully saturated rings. The van der Waals surface area contributed by atoms with Crippen LogP contribution in [0.5, 0.6) is 0 Å². The highest BCUT2D eigenvalue weighted by molar-refractivity contribution is 5.97. The third-order valence-corrected chi connectivity index (χ3v) is 3.10. The van der Waals surface area contributed by atoms with Gasteiger partial charge in [0.1, 0.15) is 5.76 Å². The zero-order valence-corrected chi connectivity index (χ0v) is 7.36. The van der Waals surface area contributed by atoms with Crippen LogP contribution in [-0.2, 0) is 0 Å². The maximum atomic E-state index is 11.5. The van der Waals surface area contributed by atoms with Gasteiger partial charge < -0.3 is 9.73 Å². The van der Waals surface area contributed by atoms with Crippen LogP contribution < -0.4 is 5.32 Å². The smallest absolute Gasteiger partial charge is 0.255 e. The van der Waals surface area contributed by atoms with E-state index >= 15 is 0 Å². The minimum atomic E-state index is -0.0774. The van der Waals surface area contributed by atoms with Crippen molar-refractivity contribution in [2.45, 2.75) is 18.4 Å². The van der Waals surface area contributed by atoms with Crippen molar-refractivity contribution in [2.24, 2.45) is 5.92 Å². The largest absolute Gasteiger partial charge is 0.468 e. The predicted molar refractivity (Wildman–Crippen MR) is 46.4 cm³/mol. The number of nitrogens with zero attached hydrogens (tertiary/aromatic N) is 1. The summed E-state index contributed by atoms with van der Waals surface area (Å²) in [6.07, 6.45) is 2.26. The lowest BCUT2D eigenvalue weighted by Gasteiger charge is -2.43. The molecule has 0 saturated heterocycles. The first-order valence-corrected chi connectivity index (χ1v) is 4.59. The highest BCUT2D eigenvalue weighted by Crippen LogP contribution is 2.46. The molecule has 0 bridgehead atoms. The summed E-state index contributed by atoms with van der Waals surface area (Å²) in [6, 6.07) is 4.00. The fourth-order valence-electron chi connectivity index (χ4n) is 2.31. The lowest BCUT2D eigenvalue weighted by Crippen LogP contribution is -2.54. The number of fused-ring (bicyclic) bond motifs is 3. The van der Waals surface area contributed by atoms with Gasteiger partial charge in [0.15, 0.2) is 0 Å². The maximum absolute atomic E-state index is 11.5.